The Morgan fingerprint density at radius 2 is 2.25 bits per heavy atom. The average Bonchev–Trinajstić information content (AvgIpc) is 2.23. The van der Waals surface area contributed by atoms with E-state index in [1.165, 1.54) is 0 Å². The van der Waals surface area contributed by atoms with E-state index < -0.39 is 9.84 Å². The Labute approximate surface area is 98.4 Å². The topological polar surface area (TPSA) is 66.4 Å². The predicted octanol–water partition coefficient (Wildman–Crippen LogP) is 0.562. The second-order valence-corrected chi connectivity index (χ2v) is 6.88. The lowest BCUT2D eigenvalue weighted by Crippen LogP contribution is -2.42. The molecule has 2 unspecified atom stereocenters. The van der Waals surface area contributed by atoms with Gasteiger partial charge in [0.25, 0.3) is 0 Å². The Morgan fingerprint density at radius 1 is 1.50 bits per heavy atom. The largest absolute Gasteiger partial charge is 0.396 e. The summed E-state index contributed by atoms with van der Waals surface area (Å²) in [6.45, 7) is 3.13. The van der Waals surface area contributed by atoms with E-state index in [1.807, 2.05) is 0 Å². The minimum Gasteiger partial charge on any atom is -0.396 e. The van der Waals surface area contributed by atoms with Gasteiger partial charge in [-0.3, -0.25) is 0 Å². The van der Waals surface area contributed by atoms with Crippen LogP contribution in [0.25, 0.3) is 0 Å². The summed E-state index contributed by atoms with van der Waals surface area (Å²) in [4.78, 5) is 0. The first-order valence-corrected chi connectivity index (χ1v) is 7.94. The Hall–Kier alpha value is -0.130. The lowest BCUT2D eigenvalue weighted by atomic mass is 10.0. The van der Waals surface area contributed by atoms with Crippen molar-refractivity contribution in [1.29, 1.82) is 0 Å². The quantitative estimate of drug-likeness (QED) is 0.722. The van der Waals surface area contributed by atoms with Gasteiger partial charge in [-0.2, -0.15) is 0 Å². The van der Waals surface area contributed by atoms with Gasteiger partial charge in [0.05, 0.1) is 11.5 Å². The van der Waals surface area contributed by atoms with Crippen molar-refractivity contribution in [2.45, 2.75) is 38.6 Å². The normalized spacial score (nSPS) is 26.5. The van der Waals surface area contributed by atoms with Crippen LogP contribution in [0.5, 0.6) is 0 Å². The first-order chi connectivity index (χ1) is 7.57. The van der Waals surface area contributed by atoms with Crippen molar-refractivity contribution < 1.29 is 13.5 Å². The fourth-order valence-corrected chi connectivity index (χ4v) is 3.82. The Balaban J connectivity index is 2.31. The van der Waals surface area contributed by atoms with Crippen molar-refractivity contribution in [2.24, 2.45) is 5.92 Å². The van der Waals surface area contributed by atoms with Gasteiger partial charge in [0.1, 0.15) is 0 Å². The number of rotatable bonds is 6. The summed E-state index contributed by atoms with van der Waals surface area (Å²) in [5, 5.41) is 12.2. The Bertz CT molecular complexity index is 290. The van der Waals surface area contributed by atoms with Crippen LogP contribution in [-0.2, 0) is 9.84 Å². The van der Waals surface area contributed by atoms with E-state index in [0.29, 0.717) is 11.7 Å². The second kappa shape index (κ2) is 6.57. The van der Waals surface area contributed by atoms with E-state index in [2.05, 4.69) is 12.2 Å². The highest BCUT2D eigenvalue weighted by atomic mass is 32.2. The van der Waals surface area contributed by atoms with Gasteiger partial charge in [-0.25, -0.2) is 8.42 Å². The molecule has 96 valence electrons. The summed E-state index contributed by atoms with van der Waals surface area (Å²) < 4.78 is 22.8. The van der Waals surface area contributed by atoms with E-state index in [9.17, 15) is 8.42 Å². The van der Waals surface area contributed by atoms with Crippen LogP contribution in [-0.4, -0.2) is 44.2 Å². The molecule has 0 amide bonds. The van der Waals surface area contributed by atoms with Crippen LogP contribution < -0.4 is 5.32 Å². The smallest absolute Gasteiger partial charge is 0.151 e. The van der Waals surface area contributed by atoms with Crippen LogP contribution in [0.3, 0.4) is 0 Å². The molecule has 1 heterocycles. The van der Waals surface area contributed by atoms with Crippen LogP contribution in [0.4, 0.5) is 0 Å². The Kier molecular flexibility index (Phi) is 5.72. The van der Waals surface area contributed by atoms with Crippen molar-refractivity contribution in [1.82, 2.24) is 5.32 Å². The fraction of sp³-hybridized carbons (Fsp3) is 1.00. The van der Waals surface area contributed by atoms with Crippen LogP contribution in [0.15, 0.2) is 0 Å². The molecule has 4 nitrogen and oxygen atoms in total. The number of aliphatic hydroxyl groups excluding tert-OH is 1. The number of hydrogen-bond acceptors (Lipinski definition) is 4. The molecule has 1 aliphatic heterocycles. The summed E-state index contributed by atoms with van der Waals surface area (Å²) in [5.74, 6) is 1.08. The number of hydrogen-bond donors (Lipinski definition) is 2. The van der Waals surface area contributed by atoms with E-state index >= 15 is 0 Å². The maximum atomic E-state index is 11.4. The Morgan fingerprint density at radius 3 is 2.81 bits per heavy atom. The lowest BCUT2D eigenvalue weighted by molar-refractivity contribution is 0.248. The summed E-state index contributed by atoms with van der Waals surface area (Å²) in [6, 6.07) is 0.117. The van der Waals surface area contributed by atoms with Crippen LogP contribution in [0.2, 0.25) is 0 Å². The fourth-order valence-electron chi connectivity index (χ4n) is 2.15. The average molecular weight is 249 g/mol. The number of aliphatic hydroxyl groups is 1. The minimum absolute atomic E-state index is 0.117. The zero-order chi connectivity index (χ0) is 12.0. The molecule has 0 aromatic rings. The summed E-state index contributed by atoms with van der Waals surface area (Å²) in [6.07, 6.45) is 3.54. The molecule has 1 rings (SSSR count). The molecule has 1 aliphatic rings. The molecule has 0 radical (unpaired) electrons. The van der Waals surface area contributed by atoms with E-state index in [-0.39, 0.29) is 18.4 Å². The number of sulfone groups is 1. The van der Waals surface area contributed by atoms with Gasteiger partial charge in [-0.1, -0.05) is 13.3 Å². The second-order valence-electron chi connectivity index (χ2n) is 4.65. The highest BCUT2D eigenvalue weighted by Gasteiger charge is 2.24. The van der Waals surface area contributed by atoms with Gasteiger partial charge < -0.3 is 10.4 Å². The first-order valence-electron chi connectivity index (χ1n) is 6.12. The minimum atomic E-state index is -2.81. The maximum absolute atomic E-state index is 11.4. The highest BCUT2D eigenvalue weighted by molar-refractivity contribution is 7.91. The zero-order valence-corrected chi connectivity index (χ0v) is 10.8. The van der Waals surface area contributed by atoms with Gasteiger partial charge in [-0.05, 0) is 31.7 Å². The van der Waals surface area contributed by atoms with Crippen LogP contribution in [0, 0.1) is 5.92 Å². The standard InChI is InChI=1S/C11H23NO3S/c1-2-10(5-6-13)8-12-11-4-3-7-16(14,15)9-11/h10-13H,2-9H2,1H3. The van der Waals surface area contributed by atoms with Gasteiger partial charge in [0, 0.05) is 12.6 Å². The van der Waals surface area contributed by atoms with E-state index in [4.69, 9.17) is 5.11 Å². The van der Waals surface area contributed by atoms with E-state index in [0.717, 1.165) is 32.2 Å². The van der Waals surface area contributed by atoms with E-state index in [1.54, 1.807) is 0 Å². The molecule has 0 bridgehead atoms. The third kappa shape index (κ3) is 4.80. The third-order valence-corrected chi connectivity index (χ3v) is 5.09. The summed E-state index contributed by atoms with van der Waals surface area (Å²) >= 11 is 0. The first kappa shape index (κ1) is 13.9. The molecule has 5 heteroatoms. The maximum Gasteiger partial charge on any atom is 0.151 e. The van der Waals surface area contributed by atoms with Gasteiger partial charge in [0.15, 0.2) is 9.84 Å². The van der Waals surface area contributed by atoms with Crippen molar-refractivity contribution in [3.63, 3.8) is 0 Å². The summed E-state index contributed by atoms with van der Waals surface area (Å²) in [5.41, 5.74) is 0. The monoisotopic (exact) mass is 249 g/mol. The SMILES string of the molecule is CCC(CCO)CNC1CCCS(=O)(=O)C1. The van der Waals surface area contributed by atoms with Crippen molar-refractivity contribution in [2.75, 3.05) is 24.7 Å². The number of nitrogens with one attached hydrogen (secondary N) is 1. The molecule has 0 saturated carbocycles. The van der Waals surface area contributed by atoms with Crippen molar-refractivity contribution in [3.8, 4) is 0 Å². The van der Waals surface area contributed by atoms with Crippen molar-refractivity contribution in [3.05, 3.63) is 0 Å². The molecular formula is C11H23NO3S. The molecule has 1 saturated heterocycles. The zero-order valence-electron chi connectivity index (χ0n) is 9.98. The third-order valence-electron chi connectivity index (χ3n) is 3.27. The molecule has 0 aromatic heterocycles. The molecule has 0 spiro atoms. The van der Waals surface area contributed by atoms with Gasteiger partial charge in [0.2, 0.25) is 0 Å². The predicted molar refractivity (Wildman–Crippen MR) is 65.2 cm³/mol. The molecular weight excluding hydrogens is 226 g/mol. The molecule has 16 heavy (non-hydrogen) atoms. The van der Waals surface area contributed by atoms with Crippen molar-refractivity contribution >= 4 is 9.84 Å². The molecule has 2 atom stereocenters. The molecule has 2 N–H and O–H groups in total. The van der Waals surface area contributed by atoms with Crippen LogP contribution >= 0.6 is 0 Å². The lowest BCUT2D eigenvalue weighted by Gasteiger charge is -2.25. The van der Waals surface area contributed by atoms with Crippen LogP contribution in [0.1, 0.15) is 32.6 Å². The molecule has 0 aromatic carbocycles. The molecule has 0 aliphatic carbocycles. The van der Waals surface area contributed by atoms with Gasteiger partial charge >= 0.3 is 0 Å². The summed E-state index contributed by atoms with van der Waals surface area (Å²) in [7, 11) is -2.81. The van der Waals surface area contributed by atoms with Gasteiger partial charge in [-0.15, -0.1) is 0 Å². The highest BCUT2D eigenvalue weighted by Crippen LogP contribution is 2.13. The molecule has 1 fully saturated rings.